The summed E-state index contributed by atoms with van der Waals surface area (Å²) in [5, 5.41) is 12.8. The lowest BCUT2D eigenvalue weighted by Gasteiger charge is -1.93. The van der Waals surface area contributed by atoms with Crippen molar-refractivity contribution in [1.29, 1.82) is 0 Å². The smallest absolute Gasteiger partial charge is 0.0901 e. The second kappa shape index (κ2) is 6.18. The van der Waals surface area contributed by atoms with Gasteiger partial charge in [-0.05, 0) is 19.4 Å². The van der Waals surface area contributed by atoms with E-state index in [4.69, 9.17) is 0 Å². The van der Waals surface area contributed by atoms with Crippen molar-refractivity contribution in [3.8, 4) is 0 Å². The molecular formula is C12H21N5. The fourth-order valence-electron chi connectivity index (χ4n) is 1.57. The Morgan fingerprint density at radius 2 is 1.94 bits per heavy atom. The highest BCUT2D eigenvalue weighted by molar-refractivity contribution is 5.18. The maximum Gasteiger partial charge on any atom is 0.0901 e. The molecule has 0 fully saturated rings. The first-order chi connectivity index (χ1) is 8.19. The predicted octanol–water partition coefficient (Wildman–Crippen LogP) is 1.96. The molecule has 0 aliphatic carbocycles. The average Bonchev–Trinajstić information content (AvgIpc) is 2.90. The molecule has 2 heterocycles. The summed E-state index contributed by atoms with van der Waals surface area (Å²) in [4.78, 5) is 1.61. The zero-order valence-electron chi connectivity index (χ0n) is 11.3. The van der Waals surface area contributed by atoms with Gasteiger partial charge in [0, 0.05) is 26.2 Å². The first-order valence-corrected chi connectivity index (χ1v) is 6.07. The van der Waals surface area contributed by atoms with Crippen LogP contribution in [0, 0.1) is 6.92 Å². The molecular weight excluding hydrogens is 214 g/mol. The molecule has 5 nitrogen and oxygen atoms in total. The zero-order chi connectivity index (χ0) is 12.8. The van der Waals surface area contributed by atoms with Crippen molar-refractivity contribution in [2.24, 2.45) is 7.05 Å². The summed E-state index contributed by atoms with van der Waals surface area (Å²) in [5.74, 6) is 0. The van der Waals surface area contributed by atoms with Crippen LogP contribution in [0.3, 0.4) is 0 Å². The number of hydrogen-bond acceptors (Lipinski definition) is 3. The predicted molar refractivity (Wildman–Crippen MR) is 67.8 cm³/mol. The van der Waals surface area contributed by atoms with Gasteiger partial charge in [-0.25, -0.2) is 0 Å². The van der Waals surface area contributed by atoms with E-state index in [1.165, 1.54) is 5.56 Å². The SMILES string of the molecule is CC.CCn1cc(Cc2nn(C)nc2C)cn1. The lowest BCUT2D eigenvalue weighted by atomic mass is 10.2. The van der Waals surface area contributed by atoms with E-state index < -0.39 is 0 Å². The quantitative estimate of drug-likeness (QED) is 0.817. The third-order valence-electron chi connectivity index (χ3n) is 2.36. The van der Waals surface area contributed by atoms with Crippen LogP contribution in [0.1, 0.15) is 37.7 Å². The van der Waals surface area contributed by atoms with Crippen molar-refractivity contribution in [1.82, 2.24) is 24.8 Å². The summed E-state index contributed by atoms with van der Waals surface area (Å²) >= 11 is 0. The Labute approximate surface area is 102 Å². The minimum Gasteiger partial charge on any atom is -0.273 e. The molecule has 0 aliphatic heterocycles. The van der Waals surface area contributed by atoms with Crippen molar-refractivity contribution < 1.29 is 0 Å². The van der Waals surface area contributed by atoms with Crippen molar-refractivity contribution in [2.45, 2.75) is 40.7 Å². The van der Waals surface area contributed by atoms with Crippen molar-refractivity contribution in [2.75, 3.05) is 0 Å². The normalized spacial score (nSPS) is 9.94. The number of nitrogens with zero attached hydrogens (tertiary/aromatic N) is 5. The summed E-state index contributed by atoms with van der Waals surface area (Å²) in [6.45, 7) is 8.95. The molecule has 0 bridgehead atoms. The van der Waals surface area contributed by atoms with Crippen LogP contribution in [0.25, 0.3) is 0 Å². The molecule has 0 aliphatic rings. The number of aromatic nitrogens is 5. The van der Waals surface area contributed by atoms with Crippen LogP contribution < -0.4 is 0 Å². The molecule has 94 valence electrons. The molecule has 0 radical (unpaired) electrons. The maximum atomic E-state index is 4.31. The maximum absolute atomic E-state index is 4.31. The fraction of sp³-hybridized carbons (Fsp3) is 0.583. The van der Waals surface area contributed by atoms with Crippen LogP contribution >= 0.6 is 0 Å². The molecule has 0 spiro atoms. The van der Waals surface area contributed by atoms with Gasteiger partial charge in [0.05, 0.1) is 17.6 Å². The first-order valence-electron chi connectivity index (χ1n) is 6.07. The van der Waals surface area contributed by atoms with Crippen molar-refractivity contribution in [3.05, 3.63) is 29.3 Å². The molecule has 0 saturated carbocycles. The molecule has 5 heteroatoms. The Morgan fingerprint density at radius 1 is 1.24 bits per heavy atom. The van der Waals surface area contributed by atoms with Crippen molar-refractivity contribution >= 4 is 0 Å². The van der Waals surface area contributed by atoms with Crippen LogP contribution in [-0.2, 0) is 20.0 Å². The van der Waals surface area contributed by atoms with Crippen LogP contribution in [-0.4, -0.2) is 24.8 Å². The Morgan fingerprint density at radius 3 is 2.41 bits per heavy atom. The van der Waals surface area contributed by atoms with Gasteiger partial charge < -0.3 is 0 Å². The highest BCUT2D eigenvalue weighted by atomic mass is 15.5. The molecule has 2 rings (SSSR count). The fourth-order valence-corrected chi connectivity index (χ4v) is 1.57. The average molecular weight is 235 g/mol. The Balaban J connectivity index is 0.000000686. The highest BCUT2D eigenvalue weighted by Gasteiger charge is 2.07. The Bertz CT molecular complexity index is 455. The number of hydrogen-bond donors (Lipinski definition) is 0. The number of aryl methyl sites for hydroxylation is 3. The van der Waals surface area contributed by atoms with E-state index in [9.17, 15) is 0 Å². The van der Waals surface area contributed by atoms with Crippen LogP contribution in [0.4, 0.5) is 0 Å². The van der Waals surface area contributed by atoms with E-state index in [0.717, 1.165) is 24.4 Å². The van der Waals surface area contributed by atoms with E-state index in [-0.39, 0.29) is 0 Å². The second-order valence-electron chi connectivity index (χ2n) is 3.60. The topological polar surface area (TPSA) is 48.5 Å². The van der Waals surface area contributed by atoms with Gasteiger partial charge in [-0.2, -0.15) is 20.1 Å². The van der Waals surface area contributed by atoms with E-state index in [1.807, 2.05) is 44.9 Å². The summed E-state index contributed by atoms with van der Waals surface area (Å²) in [6, 6.07) is 0. The minimum atomic E-state index is 0.805. The standard InChI is InChI=1S/C10H15N5.C2H6/c1-4-15-7-9(6-11-15)5-10-8(2)12-14(3)13-10;1-2/h6-7H,4-5H2,1-3H3;1-2H3. The van der Waals surface area contributed by atoms with Gasteiger partial charge in [0.1, 0.15) is 0 Å². The van der Waals surface area contributed by atoms with E-state index in [0.29, 0.717) is 0 Å². The second-order valence-corrected chi connectivity index (χ2v) is 3.60. The van der Waals surface area contributed by atoms with Gasteiger partial charge >= 0.3 is 0 Å². The minimum absolute atomic E-state index is 0.805. The van der Waals surface area contributed by atoms with E-state index in [1.54, 1.807) is 4.80 Å². The van der Waals surface area contributed by atoms with Gasteiger partial charge in [-0.1, -0.05) is 13.8 Å². The van der Waals surface area contributed by atoms with Crippen LogP contribution in [0.5, 0.6) is 0 Å². The molecule has 17 heavy (non-hydrogen) atoms. The van der Waals surface area contributed by atoms with Gasteiger partial charge in [0.2, 0.25) is 0 Å². The van der Waals surface area contributed by atoms with Crippen LogP contribution in [0.2, 0.25) is 0 Å². The molecule has 0 saturated heterocycles. The number of rotatable bonds is 3. The molecule has 2 aromatic rings. The summed E-state index contributed by atoms with van der Waals surface area (Å²) in [5.41, 5.74) is 3.19. The van der Waals surface area contributed by atoms with Gasteiger partial charge in [0.25, 0.3) is 0 Å². The molecule has 0 amide bonds. The van der Waals surface area contributed by atoms with Gasteiger partial charge in [0.15, 0.2) is 0 Å². The lowest BCUT2D eigenvalue weighted by molar-refractivity contribution is 0.643. The van der Waals surface area contributed by atoms with Crippen LogP contribution in [0.15, 0.2) is 12.4 Å². The Kier molecular flexibility index (Phi) is 4.87. The molecule has 0 aromatic carbocycles. The Hall–Kier alpha value is -1.65. The first kappa shape index (κ1) is 13.4. The zero-order valence-corrected chi connectivity index (χ0v) is 11.3. The summed E-state index contributed by atoms with van der Waals surface area (Å²) in [7, 11) is 1.84. The third-order valence-corrected chi connectivity index (χ3v) is 2.36. The van der Waals surface area contributed by atoms with E-state index >= 15 is 0 Å². The summed E-state index contributed by atoms with van der Waals surface area (Å²) in [6.07, 6.45) is 4.74. The molecule has 0 unspecified atom stereocenters. The largest absolute Gasteiger partial charge is 0.273 e. The van der Waals surface area contributed by atoms with E-state index in [2.05, 4.69) is 22.2 Å². The van der Waals surface area contributed by atoms with Crippen molar-refractivity contribution in [3.63, 3.8) is 0 Å². The monoisotopic (exact) mass is 235 g/mol. The third kappa shape index (κ3) is 3.41. The molecule has 0 N–H and O–H groups in total. The van der Waals surface area contributed by atoms with Gasteiger partial charge in [-0.3, -0.25) is 4.68 Å². The highest BCUT2D eigenvalue weighted by Crippen LogP contribution is 2.08. The van der Waals surface area contributed by atoms with Gasteiger partial charge in [-0.15, -0.1) is 0 Å². The molecule has 0 atom stereocenters. The molecule has 2 aromatic heterocycles. The lowest BCUT2D eigenvalue weighted by Crippen LogP contribution is -1.94. The summed E-state index contributed by atoms with van der Waals surface area (Å²) < 4.78 is 1.92.